The lowest BCUT2D eigenvalue weighted by Crippen LogP contribution is -2.04. The molecule has 3 nitrogen and oxygen atoms in total. The van der Waals surface area contributed by atoms with Crippen molar-refractivity contribution in [2.24, 2.45) is 0 Å². The van der Waals surface area contributed by atoms with E-state index in [0.717, 1.165) is 22.7 Å². The van der Waals surface area contributed by atoms with Crippen LogP contribution in [0.3, 0.4) is 0 Å². The van der Waals surface area contributed by atoms with Crippen LogP contribution in [0.1, 0.15) is 5.56 Å². The molecule has 0 aliphatic heterocycles. The van der Waals surface area contributed by atoms with E-state index in [4.69, 9.17) is 11.6 Å². The molecule has 134 valence electrons. The zero-order valence-electron chi connectivity index (χ0n) is 13.5. The van der Waals surface area contributed by atoms with Gasteiger partial charge in [-0.3, -0.25) is 0 Å². The molecular weight excluding hydrogens is 383 g/mol. The number of nitrogens with zero attached hydrogens (tertiary/aromatic N) is 2. The van der Waals surface area contributed by atoms with Gasteiger partial charge in [-0.25, -0.2) is 9.97 Å². The van der Waals surface area contributed by atoms with Crippen molar-refractivity contribution in [3.8, 4) is 11.4 Å². The van der Waals surface area contributed by atoms with Gasteiger partial charge in [-0.05, 0) is 30.5 Å². The zero-order valence-corrected chi connectivity index (χ0v) is 15.1. The highest BCUT2D eigenvalue weighted by atomic mass is 35.5. The Balaban J connectivity index is 1.93. The van der Waals surface area contributed by atoms with Gasteiger partial charge in [-0.2, -0.15) is 13.2 Å². The highest BCUT2D eigenvalue weighted by Gasteiger charge is 2.30. The number of rotatable bonds is 4. The van der Waals surface area contributed by atoms with Gasteiger partial charge in [0.05, 0.1) is 11.3 Å². The summed E-state index contributed by atoms with van der Waals surface area (Å²) >= 11 is 7.65. The third-order valence-electron chi connectivity index (χ3n) is 3.54. The molecule has 0 saturated heterocycles. The number of hydrogen-bond acceptors (Lipinski definition) is 4. The van der Waals surface area contributed by atoms with Crippen LogP contribution < -0.4 is 5.32 Å². The van der Waals surface area contributed by atoms with Gasteiger partial charge in [0.25, 0.3) is 0 Å². The minimum atomic E-state index is -4.39. The summed E-state index contributed by atoms with van der Waals surface area (Å²) in [6.45, 7) is 0. The lowest BCUT2D eigenvalue weighted by atomic mass is 10.1. The molecule has 1 aromatic heterocycles. The van der Waals surface area contributed by atoms with E-state index in [1.54, 1.807) is 17.8 Å². The van der Waals surface area contributed by atoms with Crippen molar-refractivity contribution in [1.29, 1.82) is 0 Å². The fraction of sp³-hybridized carbons (Fsp3) is 0.111. The maximum absolute atomic E-state index is 12.7. The first-order valence-electron chi connectivity index (χ1n) is 7.49. The van der Waals surface area contributed by atoms with Gasteiger partial charge in [-0.15, -0.1) is 11.8 Å². The number of aromatic nitrogens is 2. The molecule has 1 heterocycles. The van der Waals surface area contributed by atoms with E-state index in [-0.39, 0.29) is 11.0 Å². The van der Waals surface area contributed by atoms with Crippen molar-refractivity contribution in [2.75, 3.05) is 11.6 Å². The Labute approximate surface area is 157 Å². The number of thioether (sulfide) groups is 1. The number of alkyl halides is 3. The topological polar surface area (TPSA) is 37.8 Å². The van der Waals surface area contributed by atoms with Crippen LogP contribution in [-0.2, 0) is 6.18 Å². The van der Waals surface area contributed by atoms with Crippen molar-refractivity contribution < 1.29 is 13.2 Å². The summed E-state index contributed by atoms with van der Waals surface area (Å²) in [5, 5.41) is 3.37. The summed E-state index contributed by atoms with van der Waals surface area (Å²) in [6, 6.07) is 13.9. The van der Waals surface area contributed by atoms with Crippen LogP contribution >= 0.6 is 23.4 Å². The van der Waals surface area contributed by atoms with Crippen LogP contribution in [-0.4, -0.2) is 16.2 Å². The van der Waals surface area contributed by atoms with E-state index >= 15 is 0 Å². The van der Waals surface area contributed by atoms with Crippen molar-refractivity contribution in [1.82, 2.24) is 9.97 Å². The molecule has 8 heteroatoms. The molecule has 0 aliphatic rings. The standard InChI is InChI=1S/C18H13ClF3N3S/c1-26-14-5-3-2-4-13(14)23-16-10-15(19)24-17(25-16)11-6-8-12(9-7-11)18(20,21)22/h2-10H,1H3,(H,23,24,25). The number of para-hydroxylation sites is 1. The van der Waals surface area contributed by atoms with Crippen molar-refractivity contribution in [3.05, 3.63) is 65.3 Å². The summed E-state index contributed by atoms with van der Waals surface area (Å²) in [6.07, 6.45) is -2.43. The van der Waals surface area contributed by atoms with Crippen LogP contribution in [0.2, 0.25) is 5.15 Å². The van der Waals surface area contributed by atoms with Crippen LogP contribution in [0, 0.1) is 0 Å². The van der Waals surface area contributed by atoms with Gasteiger partial charge < -0.3 is 5.32 Å². The molecule has 3 rings (SSSR count). The summed E-state index contributed by atoms with van der Waals surface area (Å²) in [5.41, 5.74) is 0.574. The van der Waals surface area contributed by atoms with E-state index in [9.17, 15) is 13.2 Å². The van der Waals surface area contributed by atoms with Gasteiger partial charge >= 0.3 is 6.18 Å². The second-order valence-electron chi connectivity index (χ2n) is 5.30. The quantitative estimate of drug-likeness (QED) is 0.416. The largest absolute Gasteiger partial charge is 0.416 e. The molecule has 0 spiro atoms. The molecule has 0 aliphatic carbocycles. The molecule has 0 fully saturated rings. The molecule has 2 aromatic carbocycles. The second kappa shape index (κ2) is 7.55. The van der Waals surface area contributed by atoms with E-state index < -0.39 is 11.7 Å². The first-order chi connectivity index (χ1) is 12.4. The van der Waals surface area contributed by atoms with Gasteiger partial charge in [0.15, 0.2) is 5.82 Å². The molecule has 0 saturated carbocycles. The van der Waals surface area contributed by atoms with Gasteiger partial charge in [0, 0.05) is 16.5 Å². The summed E-state index contributed by atoms with van der Waals surface area (Å²) in [5.74, 6) is 0.705. The van der Waals surface area contributed by atoms with Gasteiger partial charge in [0.2, 0.25) is 0 Å². The molecule has 26 heavy (non-hydrogen) atoms. The zero-order chi connectivity index (χ0) is 18.7. The first kappa shape index (κ1) is 18.5. The lowest BCUT2D eigenvalue weighted by molar-refractivity contribution is -0.137. The maximum Gasteiger partial charge on any atom is 0.416 e. The van der Waals surface area contributed by atoms with E-state index in [1.165, 1.54) is 12.1 Å². The van der Waals surface area contributed by atoms with Gasteiger partial charge in [-0.1, -0.05) is 35.9 Å². The minimum Gasteiger partial charge on any atom is -0.339 e. The predicted molar refractivity (Wildman–Crippen MR) is 99.0 cm³/mol. The average molecular weight is 396 g/mol. The third-order valence-corrected chi connectivity index (χ3v) is 4.52. The Hall–Kier alpha value is -2.25. The third kappa shape index (κ3) is 4.28. The van der Waals surface area contributed by atoms with Crippen LogP contribution in [0.5, 0.6) is 0 Å². The minimum absolute atomic E-state index is 0.194. The molecule has 0 unspecified atom stereocenters. The molecular formula is C18H13ClF3N3S. The van der Waals surface area contributed by atoms with Crippen molar-refractivity contribution in [2.45, 2.75) is 11.1 Å². The Morgan fingerprint density at radius 1 is 1.00 bits per heavy atom. The Bertz CT molecular complexity index is 914. The lowest BCUT2D eigenvalue weighted by Gasteiger charge is -2.11. The van der Waals surface area contributed by atoms with Crippen LogP contribution in [0.4, 0.5) is 24.7 Å². The molecule has 0 radical (unpaired) electrons. The van der Waals surface area contributed by atoms with Crippen molar-refractivity contribution in [3.63, 3.8) is 0 Å². The van der Waals surface area contributed by atoms with Crippen LogP contribution in [0.15, 0.2) is 59.5 Å². The maximum atomic E-state index is 12.7. The molecule has 1 N–H and O–H groups in total. The smallest absolute Gasteiger partial charge is 0.339 e. The Morgan fingerprint density at radius 3 is 2.35 bits per heavy atom. The number of anilines is 2. The van der Waals surface area contributed by atoms with E-state index in [1.807, 2.05) is 30.5 Å². The number of benzene rings is 2. The summed E-state index contributed by atoms with van der Waals surface area (Å²) in [7, 11) is 0. The highest BCUT2D eigenvalue weighted by Crippen LogP contribution is 2.32. The summed E-state index contributed by atoms with van der Waals surface area (Å²) < 4.78 is 38.1. The van der Waals surface area contributed by atoms with E-state index in [0.29, 0.717) is 11.4 Å². The predicted octanol–water partition coefficient (Wildman–Crippen LogP) is 6.28. The van der Waals surface area contributed by atoms with Gasteiger partial charge in [0.1, 0.15) is 11.0 Å². The fourth-order valence-corrected chi connectivity index (χ4v) is 3.04. The molecule has 0 bridgehead atoms. The molecule has 3 aromatic rings. The van der Waals surface area contributed by atoms with E-state index in [2.05, 4.69) is 15.3 Å². The fourth-order valence-electron chi connectivity index (χ4n) is 2.30. The second-order valence-corrected chi connectivity index (χ2v) is 6.54. The van der Waals surface area contributed by atoms with Crippen molar-refractivity contribution >= 4 is 34.9 Å². The highest BCUT2D eigenvalue weighted by molar-refractivity contribution is 7.98. The monoisotopic (exact) mass is 395 g/mol. The SMILES string of the molecule is CSc1ccccc1Nc1cc(Cl)nc(-c2ccc(C(F)(F)F)cc2)n1. The average Bonchev–Trinajstić information content (AvgIpc) is 2.61. The first-order valence-corrected chi connectivity index (χ1v) is 9.09. The Kier molecular flexibility index (Phi) is 5.38. The number of halogens is 4. The normalized spacial score (nSPS) is 11.4. The number of nitrogens with one attached hydrogen (secondary N) is 1. The summed E-state index contributed by atoms with van der Waals surface area (Å²) in [4.78, 5) is 9.50. The van der Waals surface area contributed by atoms with Crippen LogP contribution in [0.25, 0.3) is 11.4 Å². The Morgan fingerprint density at radius 2 is 1.69 bits per heavy atom. The molecule has 0 amide bonds. The number of hydrogen-bond donors (Lipinski definition) is 1. The molecule has 0 atom stereocenters.